The molecule has 9 heteroatoms. The van der Waals surface area contributed by atoms with Crippen LogP contribution in [0.25, 0.3) is 0 Å². The maximum atomic E-state index is 12.4. The van der Waals surface area contributed by atoms with E-state index < -0.39 is 32.5 Å². The van der Waals surface area contributed by atoms with Gasteiger partial charge in [0.05, 0.1) is 6.61 Å². The molecule has 0 aliphatic rings. The summed E-state index contributed by atoms with van der Waals surface area (Å²) in [4.78, 5) is 42.8. The van der Waals surface area contributed by atoms with Crippen LogP contribution in [0.1, 0.15) is 194 Å². The number of carbonyl (C=O) groups excluding carboxylic acids is 2. The van der Waals surface area contributed by atoms with Crippen LogP contribution in [0.2, 0.25) is 0 Å². The van der Waals surface area contributed by atoms with Crippen LogP contribution in [-0.4, -0.2) is 41.0 Å². The summed E-state index contributed by atoms with van der Waals surface area (Å²) in [6, 6.07) is 0. The molecule has 1 atom stereocenters. The Hall–Kier alpha value is -1.99. The second-order valence-corrected chi connectivity index (χ2v) is 15.2. The number of ether oxygens (including phenoxy) is 2. The molecule has 0 saturated heterocycles. The van der Waals surface area contributed by atoms with Crippen LogP contribution >= 0.6 is 7.82 Å². The monoisotopic (exact) mass is 753 g/mol. The maximum Gasteiger partial charge on any atom is 0.469 e. The molecule has 52 heavy (non-hydrogen) atoms. The topological polar surface area (TPSA) is 119 Å². The summed E-state index contributed by atoms with van der Waals surface area (Å²) >= 11 is 0. The molecule has 2 N–H and O–H groups in total. The van der Waals surface area contributed by atoms with Gasteiger partial charge in [-0.05, 0) is 64.2 Å². The second kappa shape index (κ2) is 38.7. The first-order valence-corrected chi connectivity index (χ1v) is 22.5. The minimum absolute atomic E-state index is 0.139. The van der Waals surface area contributed by atoms with Gasteiger partial charge in [-0.15, -0.1) is 0 Å². The number of phosphoric acid groups is 1. The summed E-state index contributed by atoms with van der Waals surface area (Å²) in [6.07, 6.45) is 47.1. The SMILES string of the molecule is CCCCCCCCCCC/C=C/C/C=C/CCCC(=O)OC[C@H](COP(=O)(O)O)OC(=O)CCC/C=C/C/C=C/CCCCCCCCCCC. The summed E-state index contributed by atoms with van der Waals surface area (Å²) in [6.45, 7) is 3.62. The zero-order valence-electron chi connectivity index (χ0n) is 33.2. The molecule has 0 radical (unpaired) electrons. The van der Waals surface area contributed by atoms with Crippen molar-refractivity contribution in [3.63, 3.8) is 0 Å². The third-order valence-electron chi connectivity index (χ3n) is 8.82. The van der Waals surface area contributed by atoms with E-state index in [0.717, 1.165) is 32.1 Å². The van der Waals surface area contributed by atoms with Gasteiger partial charge < -0.3 is 19.3 Å². The lowest BCUT2D eigenvalue weighted by atomic mass is 10.1. The fourth-order valence-corrected chi connectivity index (χ4v) is 6.05. The summed E-state index contributed by atoms with van der Waals surface area (Å²) < 4.78 is 26.3. The number of phosphoric ester groups is 1. The highest BCUT2D eigenvalue weighted by Gasteiger charge is 2.22. The Morgan fingerprint density at radius 3 is 1.27 bits per heavy atom. The molecule has 302 valence electrons. The van der Waals surface area contributed by atoms with E-state index in [1.165, 1.54) is 116 Å². The van der Waals surface area contributed by atoms with Crippen molar-refractivity contribution in [3.8, 4) is 0 Å². The van der Waals surface area contributed by atoms with E-state index in [4.69, 9.17) is 19.3 Å². The lowest BCUT2D eigenvalue weighted by molar-refractivity contribution is -0.161. The molecule has 0 heterocycles. The summed E-state index contributed by atoms with van der Waals surface area (Å²) in [5, 5.41) is 0. The lowest BCUT2D eigenvalue weighted by Crippen LogP contribution is -2.29. The summed E-state index contributed by atoms with van der Waals surface area (Å²) in [5.74, 6) is -0.990. The highest BCUT2D eigenvalue weighted by molar-refractivity contribution is 7.46. The zero-order chi connectivity index (χ0) is 38.2. The van der Waals surface area contributed by atoms with Crippen molar-refractivity contribution in [2.24, 2.45) is 0 Å². The van der Waals surface area contributed by atoms with E-state index in [1.54, 1.807) is 0 Å². The largest absolute Gasteiger partial charge is 0.469 e. The first-order valence-electron chi connectivity index (χ1n) is 20.9. The molecule has 0 aromatic carbocycles. The molecule has 0 aliphatic heterocycles. The van der Waals surface area contributed by atoms with Gasteiger partial charge in [0.15, 0.2) is 6.10 Å². The van der Waals surface area contributed by atoms with Gasteiger partial charge in [-0.2, -0.15) is 0 Å². The molecule has 0 amide bonds. The smallest absolute Gasteiger partial charge is 0.462 e. The predicted molar refractivity (Wildman–Crippen MR) is 216 cm³/mol. The maximum absolute atomic E-state index is 12.4. The van der Waals surface area contributed by atoms with Crippen molar-refractivity contribution >= 4 is 19.8 Å². The van der Waals surface area contributed by atoms with Crippen molar-refractivity contribution in [1.29, 1.82) is 0 Å². The molecular weight excluding hydrogens is 675 g/mol. The number of carbonyl (C=O) groups is 2. The predicted octanol–water partition coefficient (Wildman–Crippen LogP) is 12.7. The average Bonchev–Trinajstić information content (AvgIpc) is 3.11. The van der Waals surface area contributed by atoms with Gasteiger partial charge in [-0.1, -0.05) is 165 Å². The molecule has 0 spiro atoms. The molecule has 0 bridgehead atoms. The Kier molecular flexibility index (Phi) is 37.2. The Balaban J connectivity index is 4.05. The van der Waals surface area contributed by atoms with E-state index in [2.05, 4.69) is 60.9 Å². The van der Waals surface area contributed by atoms with E-state index in [1.807, 2.05) is 6.08 Å². The van der Waals surface area contributed by atoms with Crippen LogP contribution in [0.5, 0.6) is 0 Å². The van der Waals surface area contributed by atoms with E-state index in [0.29, 0.717) is 19.3 Å². The van der Waals surface area contributed by atoms with Crippen LogP contribution in [0.3, 0.4) is 0 Å². The van der Waals surface area contributed by atoms with Gasteiger partial charge >= 0.3 is 19.8 Å². The van der Waals surface area contributed by atoms with Crippen molar-refractivity contribution in [2.45, 2.75) is 200 Å². The molecule has 0 saturated carbocycles. The fourth-order valence-electron chi connectivity index (χ4n) is 5.69. The van der Waals surface area contributed by atoms with E-state index >= 15 is 0 Å². The Morgan fingerprint density at radius 1 is 0.500 bits per heavy atom. The lowest BCUT2D eigenvalue weighted by Gasteiger charge is -2.18. The van der Waals surface area contributed by atoms with Gasteiger partial charge in [-0.3, -0.25) is 14.1 Å². The summed E-state index contributed by atoms with van der Waals surface area (Å²) in [5.41, 5.74) is 0. The third kappa shape index (κ3) is 40.8. The number of rotatable bonds is 38. The minimum atomic E-state index is -4.77. The third-order valence-corrected chi connectivity index (χ3v) is 9.31. The van der Waals surface area contributed by atoms with Crippen molar-refractivity contribution in [3.05, 3.63) is 48.6 Å². The van der Waals surface area contributed by atoms with Gasteiger partial charge in [0, 0.05) is 12.8 Å². The van der Waals surface area contributed by atoms with Crippen molar-refractivity contribution in [1.82, 2.24) is 0 Å². The number of unbranched alkanes of at least 4 members (excludes halogenated alkanes) is 20. The zero-order valence-corrected chi connectivity index (χ0v) is 34.1. The Morgan fingerprint density at radius 2 is 0.865 bits per heavy atom. The molecule has 8 nitrogen and oxygen atoms in total. The standard InChI is InChI=1S/C43H77O8P/c1-3-5-7-9-11-13-15-17-19-21-23-25-27-29-31-33-35-37-42(44)49-39-41(40-50-52(46,47)48)51-43(45)38-36-34-32-30-28-26-24-22-20-18-16-14-12-10-8-6-4-2/h23-26,29-32,41H,3-22,27-28,33-40H2,1-2H3,(H2,46,47,48)/b25-23+,26-24+,31-29+,32-30+/t41-/m1/s1. The number of hydrogen-bond acceptors (Lipinski definition) is 6. The van der Waals surface area contributed by atoms with Crippen LogP contribution in [0, 0.1) is 0 Å². The highest BCUT2D eigenvalue weighted by Crippen LogP contribution is 2.36. The quantitative estimate of drug-likeness (QED) is 0.0277. The number of allylic oxidation sites excluding steroid dienone is 8. The average molecular weight is 753 g/mol. The number of esters is 2. The van der Waals surface area contributed by atoms with Crippen LogP contribution in [-0.2, 0) is 28.2 Å². The first kappa shape index (κ1) is 50.0. The fraction of sp³-hybridized carbons (Fsp3) is 0.767. The van der Waals surface area contributed by atoms with E-state index in [-0.39, 0.29) is 19.4 Å². The van der Waals surface area contributed by atoms with Gasteiger partial charge in [-0.25, -0.2) is 4.57 Å². The van der Waals surface area contributed by atoms with Crippen molar-refractivity contribution < 1.29 is 37.9 Å². The molecule has 0 aromatic heterocycles. The van der Waals surface area contributed by atoms with E-state index in [9.17, 15) is 14.2 Å². The van der Waals surface area contributed by atoms with Crippen LogP contribution in [0.15, 0.2) is 48.6 Å². The molecule has 0 fully saturated rings. The Labute approximate surface area is 318 Å². The minimum Gasteiger partial charge on any atom is -0.462 e. The van der Waals surface area contributed by atoms with Gasteiger partial charge in [0.1, 0.15) is 6.61 Å². The second-order valence-electron chi connectivity index (χ2n) is 14.0. The normalized spacial score (nSPS) is 12.9. The molecular formula is C43H77O8P. The van der Waals surface area contributed by atoms with Crippen LogP contribution in [0.4, 0.5) is 0 Å². The summed E-state index contributed by atoms with van der Waals surface area (Å²) in [7, 11) is -4.77. The molecule has 0 unspecified atom stereocenters. The van der Waals surface area contributed by atoms with Gasteiger partial charge in [0.25, 0.3) is 0 Å². The molecule has 0 aliphatic carbocycles. The highest BCUT2D eigenvalue weighted by atomic mass is 31.2. The van der Waals surface area contributed by atoms with Crippen molar-refractivity contribution in [2.75, 3.05) is 13.2 Å². The Bertz CT molecular complexity index is 984. The van der Waals surface area contributed by atoms with Gasteiger partial charge in [0.2, 0.25) is 0 Å². The molecule has 0 rings (SSSR count). The number of hydrogen-bond donors (Lipinski definition) is 2. The first-order chi connectivity index (χ1) is 25.3. The molecule has 0 aromatic rings. The van der Waals surface area contributed by atoms with Crippen LogP contribution < -0.4 is 0 Å².